The Kier molecular flexibility index (Phi) is 2.86. The van der Waals surface area contributed by atoms with Gasteiger partial charge in [-0.3, -0.25) is 9.78 Å². The number of methoxy groups -OCH3 is 1. The number of rotatable bonds is 3. The van der Waals surface area contributed by atoms with Gasteiger partial charge in [-0.2, -0.15) is 0 Å². The van der Waals surface area contributed by atoms with Gasteiger partial charge >= 0.3 is 0 Å². The lowest BCUT2D eigenvalue weighted by Gasteiger charge is -2.03. The van der Waals surface area contributed by atoms with Gasteiger partial charge in [0.15, 0.2) is 5.69 Å². The third-order valence-electron chi connectivity index (χ3n) is 2.00. The van der Waals surface area contributed by atoms with Gasteiger partial charge in [-0.25, -0.2) is 9.97 Å². The van der Waals surface area contributed by atoms with Crippen LogP contribution in [-0.2, 0) is 0 Å². The van der Waals surface area contributed by atoms with Crippen LogP contribution in [0.5, 0.6) is 5.88 Å². The summed E-state index contributed by atoms with van der Waals surface area (Å²) in [7, 11) is 1.45. The molecule has 16 heavy (non-hydrogen) atoms. The second-order valence-corrected chi connectivity index (χ2v) is 2.99. The van der Waals surface area contributed by atoms with E-state index in [0.717, 1.165) is 0 Å². The first-order valence-electron chi connectivity index (χ1n) is 4.62. The molecule has 0 spiro atoms. The van der Waals surface area contributed by atoms with Crippen molar-refractivity contribution in [1.29, 1.82) is 0 Å². The Hall–Kier alpha value is -2.30. The second kappa shape index (κ2) is 4.48. The highest BCUT2D eigenvalue weighted by atomic mass is 16.5. The summed E-state index contributed by atoms with van der Waals surface area (Å²) in [6, 6.07) is 3.36. The molecule has 0 atom stereocenters. The van der Waals surface area contributed by atoms with E-state index in [1.54, 1.807) is 18.3 Å². The summed E-state index contributed by atoms with van der Waals surface area (Å²) < 4.78 is 4.97. The van der Waals surface area contributed by atoms with Crippen LogP contribution in [-0.4, -0.2) is 27.8 Å². The molecule has 0 amide bonds. The van der Waals surface area contributed by atoms with Crippen molar-refractivity contribution in [2.45, 2.75) is 0 Å². The zero-order valence-corrected chi connectivity index (χ0v) is 8.62. The highest BCUT2D eigenvalue weighted by Crippen LogP contribution is 2.14. The van der Waals surface area contributed by atoms with Crippen LogP contribution in [0.2, 0.25) is 0 Å². The molecular weight excluding hydrogens is 206 g/mol. The molecule has 2 aromatic heterocycles. The topological polar surface area (TPSA) is 65.0 Å². The third-order valence-corrected chi connectivity index (χ3v) is 2.00. The van der Waals surface area contributed by atoms with Gasteiger partial charge in [-0.15, -0.1) is 0 Å². The van der Waals surface area contributed by atoms with Crippen molar-refractivity contribution in [3.8, 4) is 5.88 Å². The molecule has 0 aliphatic carbocycles. The highest BCUT2D eigenvalue weighted by molar-refractivity contribution is 6.08. The summed E-state index contributed by atoms with van der Waals surface area (Å²) in [5.74, 6) is -0.0330. The van der Waals surface area contributed by atoms with E-state index < -0.39 is 0 Å². The molecular formula is C11H9N3O2. The molecule has 0 saturated carbocycles. The highest BCUT2D eigenvalue weighted by Gasteiger charge is 2.16. The van der Waals surface area contributed by atoms with Crippen molar-refractivity contribution < 1.29 is 9.53 Å². The third kappa shape index (κ3) is 1.88. The normalized spacial score (nSPS) is 9.81. The van der Waals surface area contributed by atoms with Gasteiger partial charge in [0.2, 0.25) is 11.7 Å². The summed E-state index contributed by atoms with van der Waals surface area (Å²) >= 11 is 0. The first kappa shape index (κ1) is 10.2. The molecule has 5 nitrogen and oxygen atoms in total. The van der Waals surface area contributed by atoms with Crippen LogP contribution in [0, 0.1) is 0 Å². The number of ether oxygens (including phenoxy) is 1. The van der Waals surface area contributed by atoms with Crippen LogP contribution in [0.15, 0.2) is 36.9 Å². The maximum absolute atomic E-state index is 12.0. The minimum Gasteiger partial charge on any atom is -0.479 e. The van der Waals surface area contributed by atoms with Gasteiger partial charge in [-0.1, -0.05) is 0 Å². The average Bonchev–Trinajstić information content (AvgIpc) is 2.39. The van der Waals surface area contributed by atoms with Crippen LogP contribution in [0.25, 0.3) is 0 Å². The van der Waals surface area contributed by atoms with E-state index in [-0.39, 0.29) is 17.4 Å². The van der Waals surface area contributed by atoms with Crippen LogP contribution < -0.4 is 4.74 Å². The molecule has 0 radical (unpaired) electrons. The number of hydrogen-bond donors (Lipinski definition) is 0. The average molecular weight is 215 g/mol. The summed E-state index contributed by atoms with van der Waals surface area (Å²) in [4.78, 5) is 23.8. The largest absolute Gasteiger partial charge is 0.479 e. The summed E-state index contributed by atoms with van der Waals surface area (Å²) in [5, 5.41) is 0. The quantitative estimate of drug-likeness (QED) is 0.717. The molecule has 2 rings (SSSR count). The monoisotopic (exact) mass is 215 g/mol. The lowest BCUT2D eigenvalue weighted by molar-refractivity contribution is 0.103. The fourth-order valence-corrected chi connectivity index (χ4v) is 1.26. The Bertz CT molecular complexity index is 500. The van der Waals surface area contributed by atoms with E-state index in [1.165, 1.54) is 25.7 Å². The molecule has 80 valence electrons. The van der Waals surface area contributed by atoms with Crippen molar-refractivity contribution >= 4 is 5.78 Å². The van der Waals surface area contributed by atoms with Crippen molar-refractivity contribution in [3.63, 3.8) is 0 Å². The molecule has 0 bridgehead atoms. The van der Waals surface area contributed by atoms with E-state index in [0.29, 0.717) is 5.56 Å². The van der Waals surface area contributed by atoms with Gasteiger partial charge < -0.3 is 4.74 Å². The van der Waals surface area contributed by atoms with Crippen molar-refractivity contribution in [3.05, 3.63) is 48.2 Å². The summed E-state index contributed by atoms with van der Waals surface area (Å²) in [6.45, 7) is 0. The first-order chi connectivity index (χ1) is 7.83. The van der Waals surface area contributed by atoms with Crippen LogP contribution >= 0.6 is 0 Å². The van der Waals surface area contributed by atoms with Crippen molar-refractivity contribution in [2.24, 2.45) is 0 Å². The predicted molar refractivity (Wildman–Crippen MR) is 56.3 cm³/mol. The molecule has 0 N–H and O–H groups in total. The maximum Gasteiger partial charge on any atom is 0.243 e. The molecule has 2 heterocycles. The molecule has 5 heteroatoms. The summed E-state index contributed by atoms with van der Waals surface area (Å²) in [5.41, 5.74) is 0.652. The van der Waals surface area contributed by atoms with Crippen LogP contribution in [0.3, 0.4) is 0 Å². The number of ketones is 1. The standard InChI is InChI=1S/C11H9N3O2/c1-16-11-9(13-5-6-14-11)10(15)8-3-2-4-12-7-8/h2-7H,1H3. The number of aromatic nitrogens is 3. The van der Waals surface area contributed by atoms with Crippen molar-refractivity contribution in [1.82, 2.24) is 15.0 Å². The number of carbonyl (C=O) groups excluding carboxylic acids is 1. The SMILES string of the molecule is COc1nccnc1C(=O)c1cccnc1. The second-order valence-electron chi connectivity index (χ2n) is 2.99. The zero-order chi connectivity index (χ0) is 11.4. The number of pyridine rings is 1. The molecule has 0 aliphatic heterocycles. The minimum absolute atomic E-state index is 0.193. The van der Waals surface area contributed by atoms with E-state index in [4.69, 9.17) is 4.74 Å². The molecule has 0 saturated heterocycles. The number of nitrogens with zero attached hydrogens (tertiary/aromatic N) is 3. The van der Waals surface area contributed by atoms with Crippen LogP contribution in [0.4, 0.5) is 0 Å². The Morgan fingerprint density at radius 3 is 2.75 bits per heavy atom. The Labute approximate surface area is 92.2 Å². The molecule has 0 unspecified atom stereocenters. The van der Waals surface area contributed by atoms with Gasteiger partial charge in [0.1, 0.15) is 0 Å². The maximum atomic E-state index is 12.0. The fraction of sp³-hybridized carbons (Fsp3) is 0.0909. The molecule has 0 fully saturated rings. The van der Waals surface area contributed by atoms with E-state index in [9.17, 15) is 4.79 Å². The van der Waals surface area contributed by atoms with Gasteiger partial charge in [0.05, 0.1) is 7.11 Å². The van der Waals surface area contributed by atoms with Gasteiger partial charge in [-0.05, 0) is 12.1 Å². The first-order valence-corrected chi connectivity index (χ1v) is 4.62. The summed E-state index contributed by atoms with van der Waals surface area (Å²) in [6.07, 6.45) is 6.01. The van der Waals surface area contributed by atoms with Crippen LogP contribution in [0.1, 0.15) is 16.1 Å². The molecule has 0 aromatic carbocycles. The van der Waals surface area contributed by atoms with Gasteiger partial charge in [0, 0.05) is 30.4 Å². The smallest absolute Gasteiger partial charge is 0.243 e. The Morgan fingerprint density at radius 2 is 2.06 bits per heavy atom. The Balaban J connectivity index is 2.42. The predicted octanol–water partition coefficient (Wildman–Crippen LogP) is 1.11. The molecule has 2 aromatic rings. The molecule has 0 aliphatic rings. The zero-order valence-electron chi connectivity index (χ0n) is 8.62. The van der Waals surface area contributed by atoms with Gasteiger partial charge in [0.25, 0.3) is 0 Å². The number of hydrogen-bond acceptors (Lipinski definition) is 5. The lowest BCUT2D eigenvalue weighted by Crippen LogP contribution is -2.07. The number of carbonyl (C=O) groups is 1. The fourth-order valence-electron chi connectivity index (χ4n) is 1.26. The van der Waals surface area contributed by atoms with E-state index >= 15 is 0 Å². The van der Waals surface area contributed by atoms with E-state index in [2.05, 4.69) is 15.0 Å². The van der Waals surface area contributed by atoms with E-state index in [1.807, 2.05) is 0 Å². The minimum atomic E-state index is -0.252. The Morgan fingerprint density at radius 1 is 1.25 bits per heavy atom. The van der Waals surface area contributed by atoms with Crippen molar-refractivity contribution in [2.75, 3.05) is 7.11 Å². The lowest BCUT2D eigenvalue weighted by atomic mass is 10.1.